The highest BCUT2D eigenvalue weighted by molar-refractivity contribution is 7.98. The standard InChI is InChI=1S/C16H26N2O2S/c1-21-11-5-3-2-4-10-18-16(20)15(17)12-13-6-8-14(19)9-7-13/h6-9,15,19H,2-5,10-12,17H2,1H3,(H,18,20). The van der Waals surface area contributed by atoms with E-state index in [2.05, 4.69) is 11.6 Å². The van der Waals surface area contributed by atoms with E-state index >= 15 is 0 Å². The quantitative estimate of drug-likeness (QED) is 0.580. The summed E-state index contributed by atoms with van der Waals surface area (Å²) >= 11 is 1.87. The molecule has 1 atom stereocenters. The molecule has 1 aromatic rings. The molecule has 0 aliphatic rings. The first-order valence-corrected chi connectivity index (χ1v) is 8.83. The van der Waals surface area contributed by atoms with Gasteiger partial charge in [0.25, 0.3) is 0 Å². The van der Waals surface area contributed by atoms with Gasteiger partial charge in [-0.3, -0.25) is 4.79 Å². The maximum atomic E-state index is 11.9. The first kappa shape index (κ1) is 17.9. The van der Waals surface area contributed by atoms with E-state index < -0.39 is 6.04 Å². The van der Waals surface area contributed by atoms with Gasteiger partial charge in [0.05, 0.1) is 6.04 Å². The molecule has 0 radical (unpaired) electrons. The monoisotopic (exact) mass is 310 g/mol. The van der Waals surface area contributed by atoms with Gasteiger partial charge in [0.15, 0.2) is 0 Å². The van der Waals surface area contributed by atoms with Crippen molar-refractivity contribution >= 4 is 17.7 Å². The van der Waals surface area contributed by atoms with Crippen molar-refractivity contribution in [2.24, 2.45) is 5.73 Å². The molecule has 1 aromatic carbocycles. The number of thioether (sulfide) groups is 1. The Bertz CT molecular complexity index is 409. The summed E-state index contributed by atoms with van der Waals surface area (Å²) in [5.41, 5.74) is 6.84. The zero-order chi connectivity index (χ0) is 15.5. The largest absolute Gasteiger partial charge is 0.508 e. The van der Waals surface area contributed by atoms with E-state index in [4.69, 9.17) is 5.73 Å². The third kappa shape index (κ3) is 7.97. The Balaban J connectivity index is 2.15. The zero-order valence-corrected chi connectivity index (χ0v) is 13.5. The van der Waals surface area contributed by atoms with Gasteiger partial charge in [-0.25, -0.2) is 0 Å². The van der Waals surface area contributed by atoms with Gasteiger partial charge >= 0.3 is 0 Å². The Morgan fingerprint density at radius 3 is 2.57 bits per heavy atom. The Labute approximate surface area is 131 Å². The van der Waals surface area contributed by atoms with Crippen LogP contribution in [0.15, 0.2) is 24.3 Å². The van der Waals surface area contributed by atoms with Gasteiger partial charge in [-0.05, 0) is 49.0 Å². The lowest BCUT2D eigenvalue weighted by Crippen LogP contribution is -2.42. The molecule has 0 aromatic heterocycles. The van der Waals surface area contributed by atoms with Gasteiger partial charge < -0.3 is 16.2 Å². The highest BCUT2D eigenvalue weighted by Gasteiger charge is 2.13. The van der Waals surface area contributed by atoms with Crippen molar-refractivity contribution in [3.63, 3.8) is 0 Å². The van der Waals surface area contributed by atoms with Crippen molar-refractivity contribution in [2.75, 3.05) is 18.6 Å². The van der Waals surface area contributed by atoms with Crippen molar-refractivity contribution < 1.29 is 9.90 Å². The van der Waals surface area contributed by atoms with Crippen LogP contribution in [0.4, 0.5) is 0 Å². The fourth-order valence-electron chi connectivity index (χ4n) is 2.05. The second kappa shape index (κ2) is 10.5. The fraction of sp³-hybridized carbons (Fsp3) is 0.562. The maximum Gasteiger partial charge on any atom is 0.237 e. The molecule has 4 N–H and O–H groups in total. The molecule has 0 aliphatic heterocycles. The summed E-state index contributed by atoms with van der Waals surface area (Å²) in [4.78, 5) is 11.9. The van der Waals surface area contributed by atoms with Crippen LogP contribution in [0, 0.1) is 0 Å². The normalized spacial score (nSPS) is 12.1. The average molecular weight is 310 g/mol. The molecule has 0 saturated heterocycles. The number of phenols is 1. The number of nitrogens with two attached hydrogens (primary N) is 1. The number of phenolic OH excluding ortho intramolecular Hbond substituents is 1. The zero-order valence-electron chi connectivity index (χ0n) is 12.7. The molecule has 1 unspecified atom stereocenters. The third-order valence-electron chi connectivity index (χ3n) is 3.30. The van der Waals surface area contributed by atoms with E-state index in [1.807, 2.05) is 11.8 Å². The lowest BCUT2D eigenvalue weighted by Gasteiger charge is -2.12. The van der Waals surface area contributed by atoms with E-state index in [0.717, 1.165) is 18.4 Å². The molecule has 0 spiro atoms. The molecule has 0 heterocycles. The van der Waals surface area contributed by atoms with Crippen LogP contribution in [-0.2, 0) is 11.2 Å². The minimum absolute atomic E-state index is 0.104. The first-order valence-electron chi connectivity index (χ1n) is 7.43. The summed E-state index contributed by atoms with van der Waals surface area (Å²) in [6.07, 6.45) is 7.22. The number of benzene rings is 1. The minimum atomic E-state index is -0.536. The van der Waals surface area contributed by atoms with Gasteiger partial charge in [0.2, 0.25) is 5.91 Å². The highest BCUT2D eigenvalue weighted by atomic mass is 32.2. The predicted molar refractivity (Wildman–Crippen MR) is 89.6 cm³/mol. The fourth-order valence-corrected chi connectivity index (χ4v) is 2.54. The molecule has 4 nitrogen and oxygen atoms in total. The van der Waals surface area contributed by atoms with E-state index in [-0.39, 0.29) is 11.7 Å². The van der Waals surface area contributed by atoms with Crippen LogP contribution in [0.25, 0.3) is 0 Å². The summed E-state index contributed by atoms with van der Waals surface area (Å²) in [5, 5.41) is 12.1. The van der Waals surface area contributed by atoms with Gasteiger partial charge in [0.1, 0.15) is 5.75 Å². The maximum absolute atomic E-state index is 11.9. The van der Waals surface area contributed by atoms with Crippen LogP contribution >= 0.6 is 11.8 Å². The molecule has 118 valence electrons. The van der Waals surface area contributed by atoms with Crippen molar-refractivity contribution in [1.82, 2.24) is 5.32 Å². The Morgan fingerprint density at radius 1 is 1.24 bits per heavy atom. The van der Waals surface area contributed by atoms with Gasteiger partial charge in [0, 0.05) is 6.54 Å². The molecule has 1 rings (SSSR count). The van der Waals surface area contributed by atoms with E-state index in [9.17, 15) is 9.90 Å². The Morgan fingerprint density at radius 2 is 1.90 bits per heavy atom. The summed E-state index contributed by atoms with van der Waals surface area (Å²) in [6.45, 7) is 0.696. The van der Waals surface area contributed by atoms with Crippen molar-refractivity contribution in [1.29, 1.82) is 0 Å². The van der Waals surface area contributed by atoms with Crippen LogP contribution in [0.3, 0.4) is 0 Å². The van der Waals surface area contributed by atoms with Crippen LogP contribution in [0.5, 0.6) is 5.75 Å². The van der Waals surface area contributed by atoms with Gasteiger partial charge in [-0.15, -0.1) is 0 Å². The van der Waals surface area contributed by atoms with E-state index in [0.29, 0.717) is 13.0 Å². The number of aromatic hydroxyl groups is 1. The van der Waals surface area contributed by atoms with Crippen LogP contribution in [0.2, 0.25) is 0 Å². The summed E-state index contributed by atoms with van der Waals surface area (Å²) < 4.78 is 0. The second-order valence-corrected chi connectivity index (χ2v) is 6.16. The number of nitrogens with one attached hydrogen (secondary N) is 1. The molecule has 0 aliphatic carbocycles. The van der Waals surface area contributed by atoms with Crippen molar-refractivity contribution in [2.45, 2.75) is 38.1 Å². The molecule has 0 bridgehead atoms. The summed E-state index contributed by atoms with van der Waals surface area (Å²) in [5.74, 6) is 1.33. The van der Waals surface area contributed by atoms with Crippen LogP contribution in [0.1, 0.15) is 31.2 Å². The third-order valence-corrected chi connectivity index (χ3v) is 4.00. The van der Waals surface area contributed by atoms with Gasteiger partial charge in [-0.1, -0.05) is 25.0 Å². The van der Waals surface area contributed by atoms with Crippen LogP contribution in [-0.4, -0.2) is 35.6 Å². The van der Waals surface area contributed by atoms with Crippen molar-refractivity contribution in [3.05, 3.63) is 29.8 Å². The molecular formula is C16H26N2O2S. The molecule has 0 fully saturated rings. The predicted octanol–water partition coefficient (Wildman–Crippen LogP) is 2.30. The van der Waals surface area contributed by atoms with E-state index in [1.54, 1.807) is 24.3 Å². The minimum Gasteiger partial charge on any atom is -0.508 e. The Hall–Kier alpha value is -1.20. The number of hydrogen-bond donors (Lipinski definition) is 3. The number of carbonyl (C=O) groups is 1. The number of carbonyl (C=O) groups excluding carboxylic acids is 1. The summed E-state index contributed by atoms with van der Waals surface area (Å²) in [6, 6.07) is 6.25. The average Bonchev–Trinajstić information content (AvgIpc) is 2.48. The lowest BCUT2D eigenvalue weighted by atomic mass is 10.1. The lowest BCUT2D eigenvalue weighted by molar-refractivity contribution is -0.122. The molecular weight excluding hydrogens is 284 g/mol. The smallest absolute Gasteiger partial charge is 0.237 e. The number of rotatable bonds is 10. The highest BCUT2D eigenvalue weighted by Crippen LogP contribution is 2.11. The van der Waals surface area contributed by atoms with Gasteiger partial charge in [-0.2, -0.15) is 11.8 Å². The number of unbranched alkanes of at least 4 members (excludes halogenated alkanes) is 3. The molecule has 0 saturated carbocycles. The second-order valence-electron chi connectivity index (χ2n) is 5.18. The molecule has 21 heavy (non-hydrogen) atoms. The molecule has 1 amide bonds. The number of amides is 1. The first-order chi connectivity index (χ1) is 10.1. The number of hydrogen-bond acceptors (Lipinski definition) is 4. The summed E-state index contributed by atoms with van der Waals surface area (Å²) in [7, 11) is 0. The topological polar surface area (TPSA) is 75.4 Å². The van der Waals surface area contributed by atoms with Crippen molar-refractivity contribution in [3.8, 4) is 5.75 Å². The SMILES string of the molecule is CSCCCCCCNC(=O)C(N)Cc1ccc(O)cc1. The van der Waals surface area contributed by atoms with E-state index in [1.165, 1.54) is 18.6 Å². The molecule has 5 heteroatoms. The Kier molecular flexibility index (Phi) is 8.94. The van der Waals surface area contributed by atoms with Crippen LogP contribution < -0.4 is 11.1 Å².